The fraction of sp³-hybridized carbons (Fsp3) is 0.200. The molecule has 0 saturated heterocycles. The molecule has 0 saturated carbocycles. The lowest BCUT2D eigenvalue weighted by molar-refractivity contribution is -0.117. The number of halogens is 2. The average molecular weight is 403 g/mol. The van der Waals surface area contributed by atoms with Gasteiger partial charge in [-0.2, -0.15) is 10.0 Å². The Balaban J connectivity index is 0.00000182. The van der Waals surface area contributed by atoms with Gasteiger partial charge < -0.3 is 5.32 Å². The molecule has 1 aromatic carbocycles. The van der Waals surface area contributed by atoms with Crippen LogP contribution in [0.15, 0.2) is 52.3 Å². The minimum absolute atomic E-state index is 0. The smallest absolute Gasteiger partial charge is 0.264 e. The number of fused-ring (bicyclic) bond motifs is 2. The fourth-order valence-corrected chi connectivity index (χ4v) is 4.25. The van der Waals surface area contributed by atoms with Crippen LogP contribution in [0.3, 0.4) is 0 Å². The molecule has 0 amide bonds. The third-order valence-corrected chi connectivity index (χ3v) is 5.72. The lowest BCUT2D eigenvalue weighted by Gasteiger charge is -2.23. The van der Waals surface area contributed by atoms with Crippen molar-refractivity contribution in [2.24, 2.45) is 0 Å². The summed E-state index contributed by atoms with van der Waals surface area (Å²) in [5.41, 5.74) is 5.72. The second-order valence-electron chi connectivity index (χ2n) is 5.57. The van der Waals surface area contributed by atoms with Crippen LogP contribution >= 0.6 is 24.0 Å². The molecule has 3 heterocycles. The molecule has 0 spiro atoms. The molecule has 0 aliphatic carbocycles. The maximum absolute atomic E-state index is 12.8. The first-order valence-electron chi connectivity index (χ1n) is 7.40. The van der Waals surface area contributed by atoms with Crippen LogP contribution in [-0.4, -0.2) is 20.0 Å². The Labute approximate surface area is 156 Å². The summed E-state index contributed by atoms with van der Waals surface area (Å²) < 4.78 is 28.1. The predicted octanol–water partition coefficient (Wildman–Crippen LogP) is 2.07. The molecule has 134 valence electrons. The van der Waals surface area contributed by atoms with Gasteiger partial charge in [0.1, 0.15) is 15.8 Å². The number of sulfonamides is 1. The second kappa shape index (κ2) is 6.89. The van der Waals surface area contributed by atoms with Gasteiger partial charge in [-0.25, -0.2) is 13.9 Å². The molecule has 25 heavy (non-hydrogen) atoms. The average Bonchev–Trinajstić information content (AvgIpc) is 3.05. The molecule has 7 nitrogen and oxygen atoms in total. The molecule has 0 atom stereocenters. The maximum atomic E-state index is 12.8. The van der Waals surface area contributed by atoms with E-state index < -0.39 is 10.0 Å². The van der Waals surface area contributed by atoms with Gasteiger partial charge in [-0.3, -0.25) is 4.72 Å². The molecular formula is C15H16Cl2N4O3S. The largest absolute Gasteiger partial charge is 0.312 e. The van der Waals surface area contributed by atoms with Crippen molar-refractivity contribution >= 4 is 39.7 Å². The number of hydroxylamine groups is 3. The number of hydrogen-bond acceptors (Lipinski definition) is 6. The number of nitrogens with one attached hydrogen (secondary N) is 3. The Morgan fingerprint density at radius 2 is 2.08 bits per heavy atom. The van der Waals surface area contributed by atoms with Crippen LogP contribution in [0.5, 0.6) is 0 Å². The Morgan fingerprint density at radius 1 is 1.24 bits per heavy atom. The molecule has 10 heteroatoms. The second-order valence-corrected chi connectivity index (χ2v) is 7.61. The molecular weight excluding hydrogens is 387 g/mol. The highest BCUT2D eigenvalue weighted by molar-refractivity contribution is 7.96. The number of hydrogen-bond donors (Lipinski definition) is 3. The van der Waals surface area contributed by atoms with Crippen LogP contribution in [0.1, 0.15) is 11.1 Å². The summed E-state index contributed by atoms with van der Waals surface area (Å²) in [6.45, 7) is 1.70. The Bertz CT molecular complexity index is 896. The summed E-state index contributed by atoms with van der Waals surface area (Å²) in [7, 11) is -3.78. The zero-order chi connectivity index (χ0) is 16.7. The quantitative estimate of drug-likeness (QED) is 0.671. The zero-order valence-electron chi connectivity index (χ0n) is 13.0. The first-order valence-corrected chi connectivity index (χ1v) is 9.27. The minimum Gasteiger partial charge on any atom is -0.312 e. The maximum Gasteiger partial charge on any atom is 0.264 e. The molecule has 4 rings (SSSR count). The monoisotopic (exact) mass is 402 g/mol. The highest BCUT2D eigenvalue weighted by atomic mass is 35.5. The third kappa shape index (κ3) is 3.36. The van der Waals surface area contributed by atoms with Crippen LogP contribution in [0.4, 0.5) is 5.69 Å². The van der Waals surface area contributed by atoms with E-state index in [-0.39, 0.29) is 22.5 Å². The molecule has 0 bridgehead atoms. The van der Waals surface area contributed by atoms with Crippen molar-refractivity contribution < 1.29 is 13.4 Å². The molecule has 0 radical (unpaired) electrons. The van der Waals surface area contributed by atoms with E-state index in [1.165, 1.54) is 29.0 Å². The van der Waals surface area contributed by atoms with Crippen molar-refractivity contribution in [2.45, 2.75) is 13.0 Å². The lowest BCUT2D eigenvalue weighted by Crippen LogP contribution is -2.26. The van der Waals surface area contributed by atoms with Crippen LogP contribution in [-0.2, 0) is 27.9 Å². The van der Waals surface area contributed by atoms with Gasteiger partial charge in [0.25, 0.3) is 10.0 Å². The van der Waals surface area contributed by atoms with E-state index in [0.717, 1.165) is 25.1 Å². The van der Waals surface area contributed by atoms with Crippen LogP contribution in [0.25, 0.3) is 0 Å². The van der Waals surface area contributed by atoms with Gasteiger partial charge >= 0.3 is 0 Å². The van der Waals surface area contributed by atoms with Gasteiger partial charge in [0, 0.05) is 12.2 Å². The van der Waals surface area contributed by atoms with Crippen LogP contribution < -0.4 is 15.5 Å². The Kier molecular flexibility index (Phi) is 4.99. The van der Waals surface area contributed by atoms with Crippen molar-refractivity contribution in [2.75, 3.05) is 11.3 Å². The highest BCUT2D eigenvalue weighted by Gasteiger charge is 2.33. The third-order valence-electron chi connectivity index (χ3n) is 4.01. The van der Waals surface area contributed by atoms with E-state index in [0.29, 0.717) is 11.4 Å². The SMILES string of the molecule is Cl.O=S(=O)(Nc1ccc2c(c1)CCNC2)C1=CC=C(Cl)N2ONC=C12. The summed E-state index contributed by atoms with van der Waals surface area (Å²) in [4.78, 5) is 5.15. The lowest BCUT2D eigenvalue weighted by atomic mass is 10.0. The van der Waals surface area contributed by atoms with Crippen molar-refractivity contribution in [3.63, 3.8) is 0 Å². The summed E-state index contributed by atoms with van der Waals surface area (Å²) in [5, 5.41) is 4.78. The van der Waals surface area contributed by atoms with Crippen molar-refractivity contribution in [3.05, 3.63) is 63.4 Å². The Hall–Kier alpha value is -1.71. The van der Waals surface area contributed by atoms with E-state index >= 15 is 0 Å². The first kappa shape index (κ1) is 18.1. The molecule has 3 aliphatic rings. The standard InChI is InChI=1S/C15H15ClN4O3S.ClH/c16-15-4-3-14(13-9-18-23-20(13)15)24(21,22)19-12-2-1-11-8-17-6-5-10(11)7-12;/h1-4,7,9,17-19H,5-6,8H2;1H. The van der Waals surface area contributed by atoms with Crippen molar-refractivity contribution in [1.82, 2.24) is 15.9 Å². The van der Waals surface area contributed by atoms with E-state index in [4.69, 9.17) is 16.5 Å². The summed E-state index contributed by atoms with van der Waals surface area (Å²) in [6.07, 6.45) is 5.24. The van der Waals surface area contributed by atoms with E-state index in [1.807, 2.05) is 12.1 Å². The van der Waals surface area contributed by atoms with Crippen LogP contribution in [0.2, 0.25) is 0 Å². The topological polar surface area (TPSA) is 82.7 Å². The van der Waals surface area contributed by atoms with E-state index in [9.17, 15) is 8.42 Å². The van der Waals surface area contributed by atoms with Crippen molar-refractivity contribution in [1.29, 1.82) is 0 Å². The number of rotatable bonds is 3. The van der Waals surface area contributed by atoms with Gasteiger partial charge in [0.15, 0.2) is 0 Å². The first-order chi connectivity index (χ1) is 11.5. The van der Waals surface area contributed by atoms with Gasteiger partial charge in [0.05, 0.1) is 6.20 Å². The van der Waals surface area contributed by atoms with Gasteiger partial charge in [-0.15, -0.1) is 12.4 Å². The number of allylic oxidation sites excluding steroid dienone is 2. The zero-order valence-corrected chi connectivity index (χ0v) is 15.3. The summed E-state index contributed by atoms with van der Waals surface area (Å²) in [6, 6.07) is 5.60. The molecule has 3 aliphatic heterocycles. The predicted molar refractivity (Wildman–Crippen MR) is 97.8 cm³/mol. The number of benzene rings is 1. The highest BCUT2D eigenvalue weighted by Crippen LogP contribution is 2.33. The minimum atomic E-state index is -3.78. The fourth-order valence-electron chi connectivity index (χ4n) is 2.85. The normalized spacial score (nSPS) is 18.8. The summed E-state index contributed by atoms with van der Waals surface area (Å²) >= 11 is 5.99. The molecule has 0 unspecified atom stereocenters. The molecule has 0 aromatic heterocycles. The number of nitrogens with zero attached hydrogens (tertiary/aromatic N) is 1. The van der Waals surface area contributed by atoms with Gasteiger partial charge in [-0.05, 0) is 48.4 Å². The number of anilines is 1. The van der Waals surface area contributed by atoms with Gasteiger partial charge in [0.2, 0.25) is 0 Å². The molecule has 3 N–H and O–H groups in total. The van der Waals surface area contributed by atoms with Crippen LogP contribution in [0, 0.1) is 0 Å². The Morgan fingerprint density at radius 3 is 2.92 bits per heavy atom. The summed E-state index contributed by atoms with van der Waals surface area (Å²) in [5.74, 6) is 0. The van der Waals surface area contributed by atoms with E-state index in [2.05, 4.69) is 15.5 Å². The van der Waals surface area contributed by atoms with Gasteiger partial charge in [-0.1, -0.05) is 17.7 Å². The molecule has 1 aromatic rings. The van der Waals surface area contributed by atoms with Crippen molar-refractivity contribution in [3.8, 4) is 0 Å². The molecule has 0 fully saturated rings. The van der Waals surface area contributed by atoms with E-state index in [1.54, 1.807) is 6.07 Å².